The Kier molecular flexibility index (Phi) is 4.84. The number of imide groups is 1. The number of amides is 2. The molecule has 2 amide bonds. The highest BCUT2D eigenvalue weighted by Gasteiger charge is 2.35. The van der Waals surface area contributed by atoms with E-state index in [4.69, 9.17) is 11.6 Å². The maximum absolute atomic E-state index is 14.0. The molecule has 148 valence electrons. The number of carbonyl (C=O) groups is 2. The normalized spacial score (nSPS) is 15.9. The van der Waals surface area contributed by atoms with Crippen LogP contribution in [0, 0.1) is 5.82 Å². The molecule has 0 bridgehead atoms. The summed E-state index contributed by atoms with van der Waals surface area (Å²) in [6.45, 7) is -0.236. The van der Waals surface area contributed by atoms with Gasteiger partial charge < -0.3 is 0 Å². The van der Waals surface area contributed by atoms with Gasteiger partial charge in [-0.3, -0.25) is 23.6 Å². The largest absolute Gasteiger partial charge is 0.328 e. The van der Waals surface area contributed by atoms with Crippen molar-refractivity contribution >= 4 is 51.6 Å². The van der Waals surface area contributed by atoms with Crippen LogP contribution in [0.1, 0.15) is 11.1 Å². The minimum absolute atomic E-state index is 0.0958. The number of hydrogen-bond donors (Lipinski definition) is 0. The number of aromatic nitrogens is 2. The van der Waals surface area contributed by atoms with Gasteiger partial charge in [-0.1, -0.05) is 23.7 Å². The minimum Gasteiger partial charge on any atom is -0.295 e. The molecule has 0 saturated carbocycles. The Bertz CT molecular complexity index is 1260. The first kappa shape index (κ1) is 19.5. The zero-order valence-electron chi connectivity index (χ0n) is 15.5. The fourth-order valence-electron chi connectivity index (χ4n) is 3.24. The van der Waals surface area contributed by atoms with Crippen molar-refractivity contribution in [3.63, 3.8) is 0 Å². The number of hydrogen-bond acceptors (Lipinski definition) is 4. The molecule has 2 heterocycles. The number of carbonyl (C=O) groups excluding carboxylic acids is 2. The van der Waals surface area contributed by atoms with Gasteiger partial charge in [-0.15, -0.1) is 0 Å². The van der Waals surface area contributed by atoms with E-state index in [1.54, 1.807) is 38.4 Å². The molecular weight excluding hydrogens is 417 g/mol. The Morgan fingerprint density at radius 1 is 1.07 bits per heavy atom. The van der Waals surface area contributed by atoms with Crippen LogP contribution in [-0.4, -0.2) is 25.2 Å². The van der Waals surface area contributed by atoms with Gasteiger partial charge in [0.2, 0.25) is 0 Å². The first-order chi connectivity index (χ1) is 13.8. The van der Waals surface area contributed by atoms with Crippen molar-refractivity contribution in [2.24, 2.45) is 14.1 Å². The van der Waals surface area contributed by atoms with Gasteiger partial charge in [0.05, 0.1) is 22.5 Å². The third-order valence-corrected chi connectivity index (χ3v) is 6.11. The zero-order valence-corrected chi connectivity index (χ0v) is 17.1. The highest BCUT2D eigenvalue weighted by molar-refractivity contribution is 8.18. The highest BCUT2D eigenvalue weighted by atomic mass is 35.5. The van der Waals surface area contributed by atoms with E-state index in [2.05, 4.69) is 0 Å². The number of aryl methyl sites for hydroxylation is 2. The number of nitrogens with zero attached hydrogens (tertiary/aromatic N) is 3. The molecular formula is C20H15ClFN3O3S. The lowest BCUT2D eigenvalue weighted by molar-refractivity contribution is -0.123. The van der Waals surface area contributed by atoms with Crippen LogP contribution in [0.2, 0.25) is 5.02 Å². The Labute approximate surface area is 174 Å². The second-order valence-corrected chi connectivity index (χ2v) is 8.02. The van der Waals surface area contributed by atoms with E-state index in [1.165, 1.54) is 27.3 Å². The van der Waals surface area contributed by atoms with Crippen molar-refractivity contribution in [1.82, 2.24) is 14.0 Å². The third-order valence-electron chi connectivity index (χ3n) is 4.85. The van der Waals surface area contributed by atoms with Crippen LogP contribution in [0.5, 0.6) is 0 Å². The van der Waals surface area contributed by atoms with E-state index < -0.39 is 17.0 Å². The van der Waals surface area contributed by atoms with E-state index >= 15 is 0 Å². The summed E-state index contributed by atoms with van der Waals surface area (Å²) in [5, 5.41) is -0.336. The Hall–Kier alpha value is -2.84. The summed E-state index contributed by atoms with van der Waals surface area (Å²) in [6, 6.07) is 9.53. The standard InChI is InChI=1S/C20H15ClFN3O3S/c1-23-15-7-6-11(8-16(15)24(2)19(23)27)9-17-18(26)25(20(28)29-17)10-12-13(21)4-3-5-14(12)22/h3-9H,10H2,1-2H3/b17-9+. The summed E-state index contributed by atoms with van der Waals surface area (Å²) in [5.41, 5.74) is 2.09. The summed E-state index contributed by atoms with van der Waals surface area (Å²) in [4.78, 5) is 38.3. The number of rotatable bonds is 3. The van der Waals surface area contributed by atoms with Crippen molar-refractivity contribution in [2.45, 2.75) is 6.54 Å². The Morgan fingerprint density at radius 3 is 2.52 bits per heavy atom. The molecule has 1 aromatic heterocycles. The molecule has 6 nitrogen and oxygen atoms in total. The number of benzene rings is 2. The maximum Gasteiger partial charge on any atom is 0.328 e. The molecule has 0 unspecified atom stereocenters. The van der Waals surface area contributed by atoms with E-state index in [1.807, 2.05) is 0 Å². The fourth-order valence-corrected chi connectivity index (χ4v) is 4.30. The lowest BCUT2D eigenvalue weighted by Crippen LogP contribution is -2.28. The van der Waals surface area contributed by atoms with Crippen LogP contribution >= 0.6 is 23.4 Å². The smallest absolute Gasteiger partial charge is 0.295 e. The van der Waals surface area contributed by atoms with E-state index in [0.717, 1.165) is 22.2 Å². The first-order valence-corrected chi connectivity index (χ1v) is 9.81. The Morgan fingerprint density at radius 2 is 1.79 bits per heavy atom. The van der Waals surface area contributed by atoms with Crippen molar-refractivity contribution in [3.8, 4) is 0 Å². The molecule has 2 aromatic carbocycles. The van der Waals surface area contributed by atoms with Crippen LogP contribution < -0.4 is 5.69 Å². The number of fused-ring (bicyclic) bond motifs is 1. The molecule has 9 heteroatoms. The first-order valence-electron chi connectivity index (χ1n) is 8.61. The quantitative estimate of drug-likeness (QED) is 0.590. The lowest BCUT2D eigenvalue weighted by atomic mass is 10.1. The van der Waals surface area contributed by atoms with Gasteiger partial charge in [-0.2, -0.15) is 0 Å². The van der Waals surface area contributed by atoms with Crippen molar-refractivity contribution in [1.29, 1.82) is 0 Å². The van der Waals surface area contributed by atoms with Crippen LogP contribution in [0.4, 0.5) is 9.18 Å². The van der Waals surface area contributed by atoms with Crippen LogP contribution in [0.15, 0.2) is 46.1 Å². The van der Waals surface area contributed by atoms with Crippen LogP contribution in [-0.2, 0) is 25.4 Å². The molecule has 1 fully saturated rings. The molecule has 1 aliphatic rings. The van der Waals surface area contributed by atoms with Crippen LogP contribution in [0.3, 0.4) is 0 Å². The molecule has 4 rings (SSSR count). The summed E-state index contributed by atoms with van der Waals surface area (Å²) >= 11 is 6.80. The van der Waals surface area contributed by atoms with Crippen molar-refractivity contribution in [2.75, 3.05) is 0 Å². The van der Waals surface area contributed by atoms with E-state index in [-0.39, 0.29) is 27.7 Å². The van der Waals surface area contributed by atoms with Gasteiger partial charge in [0, 0.05) is 24.7 Å². The molecule has 3 aromatic rings. The van der Waals surface area contributed by atoms with E-state index in [9.17, 15) is 18.8 Å². The summed E-state index contributed by atoms with van der Waals surface area (Å²) in [5.74, 6) is -1.09. The molecule has 1 aliphatic heterocycles. The predicted molar refractivity (Wildman–Crippen MR) is 111 cm³/mol. The summed E-state index contributed by atoms with van der Waals surface area (Å²) < 4.78 is 17.1. The fraction of sp³-hybridized carbons (Fsp3) is 0.150. The molecule has 0 aliphatic carbocycles. The second kappa shape index (κ2) is 7.20. The average Bonchev–Trinajstić information content (AvgIpc) is 3.07. The highest BCUT2D eigenvalue weighted by Crippen LogP contribution is 2.34. The van der Waals surface area contributed by atoms with Gasteiger partial charge in [0.15, 0.2) is 0 Å². The molecule has 0 radical (unpaired) electrons. The monoisotopic (exact) mass is 431 g/mol. The van der Waals surface area contributed by atoms with Gasteiger partial charge in [-0.25, -0.2) is 9.18 Å². The van der Waals surface area contributed by atoms with Gasteiger partial charge in [0.25, 0.3) is 11.1 Å². The molecule has 0 atom stereocenters. The molecule has 0 spiro atoms. The second-order valence-electron chi connectivity index (χ2n) is 6.62. The minimum atomic E-state index is -0.573. The van der Waals surface area contributed by atoms with Crippen molar-refractivity contribution in [3.05, 3.63) is 73.8 Å². The van der Waals surface area contributed by atoms with Crippen molar-refractivity contribution < 1.29 is 14.0 Å². The van der Waals surface area contributed by atoms with Gasteiger partial charge >= 0.3 is 5.69 Å². The van der Waals surface area contributed by atoms with Gasteiger partial charge in [-0.05, 0) is 47.7 Å². The average molecular weight is 432 g/mol. The lowest BCUT2D eigenvalue weighted by Gasteiger charge is -2.14. The molecule has 0 N–H and O–H groups in total. The SMILES string of the molecule is Cn1c(=O)n(C)c2cc(/C=C3/SC(=O)N(Cc4c(F)cccc4Cl)C3=O)ccc21. The molecule has 1 saturated heterocycles. The summed E-state index contributed by atoms with van der Waals surface area (Å²) in [7, 11) is 3.35. The number of thioether (sulfide) groups is 1. The predicted octanol–water partition coefficient (Wildman–Crippen LogP) is 3.91. The molecule has 29 heavy (non-hydrogen) atoms. The zero-order chi connectivity index (χ0) is 20.9. The topological polar surface area (TPSA) is 64.3 Å². The number of imidazole rings is 1. The number of halogens is 2. The van der Waals surface area contributed by atoms with E-state index in [0.29, 0.717) is 11.1 Å². The Balaban J connectivity index is 1.66. The third kappa shape index (κ3) is 3.28. The maximum atomic E-state index is 14.0. The van der Waals surface area contributed by atoms with Gasteiger partial charge in [0.1, 0.15) is 5.82 Å². The summed E-state index contributed by atoms with van der Waals surface area (Å²) in [6.07, 6.45) is 1.59. The van der Waals surface area contributed by atoms with Crippen LogP contribution in [0.25, 0.3) is 17.1 Å².